The number of allylic oxidation sites excluding steroid dienone is 5. The molecule has 1 saturated heterocycles. The Morgan fingerprint density at radius 1 is 1.33 bits per heavy atom. The van der Waals surface area contributed by atoms with E-state index >= 15 is 0 Å². The summed E-state index contributed by atoms with van der Waals surface area (Å²) in [4.78, 5) is 0. The number of anilines is 1. The number of rotatable bonds is 4. The van der Waals surface area contributed by atoms with Crippen LogP contribution in [0.3, 0.4) is 0 Å². The monoisotopic (exact) mass is 320 g/mol. The van der Waals surface area contributed by atoms with Gasteiger partial charge < -0.3 is 16.4 Å². The average Bonchev–Trinajstić information content (AvgIpc) is 2.62. The van der Waals surface area contributed by atoms with Gasteiger partial charge >= 0.3 is 0 Å². The molecule has 24 heavy (non-hydrogen) atoms. The maximum atomic E-state index is 8.19. The van der Waals surface area contributed by atoms with E-state index in [0.29, 0.717) is 22.9 Å². The van der Waals surface area contributed by atoms with Crippen LogP contribution in [-0.4, -0.2) is 18.8 Å². The van der Waals surface area contributed by atoms with Crippen molar-refractivity contribution in [2.45, 2.75) is 18.8 Å². The molecule has 1 atom stereocenters. The first-order chi connectivity index (χ1) is 11.6. The van der Waals surface area contributed by atoms with Crippen LogP contribution in [-0.2, 0) is 0 Å². The van der Waals surface area contributed by atoms with E-state index in [0.717, 1.165) is 24.4 Å². The van der Waals surface area contributed by atoms with Crippen molar-refractivity contribution in [3.63, 3.8) is 0 Å². The molecule has 4 heteroatoms. The number of hydrogen-bond donors (Lipinski definition) is 4. The first-order valence-electron chi connectivity index (χ1n) is 8.35. The van der Waals surface area contributed by atoms with Crippen LogP contribution in [0.5, 0.6) is 0 Å². The third-order valence-corrected chi connectivity index (χ3v) is 4.52. The Balaban J connectivity index is 1.66. The van der Waals surface area contributed by atoms with Crippen LogP contribution in [0.4, 0.5) is 5.69 Å². The first-order valence-corrected chi connectivity index (χ1v) is 8.35. The van der Waals surface area contributed by atoms with Crippen LogP contribution in [0.15, 0.2) is 72.1 Å². The highest BCUT2D eigenvalue weighted by atomic mass is 14.9. The number of hydrogen-bond acceptors (Lipinski definition) is 4. The number of piperidine rings is 1. The lowest BCUT2D eigenvalue weighted by molar-refractivity contribution is 0.461. The van der Waals surface area contributed by atoms with E-state index in [9.17, 15) is 0 Å². The van der Waals surface area contributed by atoms with E-state index in [4.69, 9.17) is 11.1 Å². The molecule has 5 N–H and O–H groups in total. The second-order valence-electron chi connectivity index (χ2n) is 6.25. The van der Waals surface area contributed by atoms with E-state index in [1.807, 2.05) is 24.4 Å². The van der Waals surface area contributed by atoms with Gasteiger partial charge in [-0.25, -0.2) is 0 Å². The molecule has 1 aliphatic heterocycles. The molecule has 2 aliphatic rings. The molecule has 0 bridgehead atoms. The van der Waals surface area contributed by atoms with Gasteiger partial charge in [0.15, 0.2) is 0 Å². The van der Waals surface area contributed by atoms with Crippen LogP contribution in [0.2, 0.25) is 0 Å². The molecule has 3 rings (SSSR count). The SMILES string of the molecule is C=C(N)C1=CC=C/C(=C/Nc2ccc([C@@H]3CCCNC3)cc2)C1=N. The summed E-state index contributed by atoms with van der Waals surface area (Å²) in [7, 11) is 0. The Morgan fingerprint density at radius 3 is 2.79 bits per heavy atom. The first kappa shape index (κ1) is 16.3. The van der Waals surface area contributed by atoms with E-state index in [1.165, 1.54) is 18.4 Å². The summed E-state index contributed by atoms with van der Waals surface area (Å²) in [5.74, 6) is 0.615. The highest BCUT2D eigenvalue weighted by Crippen LogP contribution is 2.24. The van der Waals surface area contributed by atoms with Crippen molar-refractivity contribution < 1.29 is 0 Å². The van der Waals surface area contributed by atoms with Crippen LogP contribution in [0, 0.1) is 5.41 Å². The van der Waals surface area contributed by atoms with Crippen molar-refractivity contribution in [1.82, 2.24) is 5.32 Å². The second kappa shape index (κ2) is 7.32. The summed E-state index contributed by atoms with van der Waals surface area (Å²) < 4.78 is 0. The minimum Gasteiger partial charge on any atom is -0.399 e. The van der Waals surface area contributed by atoms with Crippen LogP contribution in [0.1, 0.15) is 24.3 Å². The van der Waals surface area contributed by atoms with Gasteiger partial charge in [-0.1, -0.05) is 36.9 Å². The number of benzene rings is 1. The van der Waals surface area contributed by atoms with Crippen molar-refractivity contribution in [3.05, 3.63) is 77.7 Å². The third kappa shape index (κ3) is 3.66. The lowest BCUT2D eigenvalue weighted by Crippen LogP contribution is -2.28. The molecule has 1 heterocycles. The molecule has 0 unspecified atom stereocenters. The molecule has 0 amide bonds. The lowest BCUT2D eigenvalue weighted by atomic mass is 9.91. The smallest absolute Gasteiger partial charge is 0.0719 e. The summed E-state index contributed by atoms with van der Waals surface area (Å²) in [5, 5.41) is 14.9. The van der Waals surface area contributed by atoms with Gasteiger partial charge in [0.25, 0.3) is 0 Å². The minimum absolute atomic E-state index is 0.391. The van der Waals surface area contributed by atoms with Crippen molar-refractivity contribution in [2.75, 3.05) is 18.4 Å². The molecule has 1 aromatic rings. The average molecular weight is 320 g/mol. The third-order valence-electron chi connectivity index (χ3n) is 4.52. The Bertz CT molecular complexity index is 717. The number of nitrogens with two attached hydrogens (primary N) is 1. The predicted octanol–water partition coefficient (Wildman–Crippen LogP) is 3.44. The van der Waals surface area contributed by atoms with E-state index in [2.05, 4.69) is 41.5 Å². The zero-order chi connectivity index (χ0) is 16.9. The summed E-state index contributed by atoms with van der Waals surface area (Å²) in [6, 6.07) is 8.56. The van der Waals surface area contributed by atoms with Crippen LogP contribution < -0.4 is 16.4 Å². The highest BCUT2D eigenvalue weighted by Gasteiger charge is 2.15. The van der Waals surface area contributed by atoms with Crippen molar-refractivity contribution in [2.24, 2.45) is 5.73 Å². The van der Waals surface area contributed by atoms with Crippen LogP contribution in [0.25, 0.3) is 0 Å². The van der Waals surface area contributed by atoms with Gasteiger partial charge in [-0.3, -0.25) is 5.41 Å². The standard InChI is InChI=1S/C20H24N4/c1-14(21)19-6-2-4-17(20(19)22)13-24-18-9-7-15(8-10-18)16-5-3-11-23-12-16/h2,4,6-10,13,16,22-24H,1,3,5,11-12,21H2/b17-13-,22-20?/t16-/m1/s1. The highest BCUT2D eigenvalue weighted by molar-refractivity contribution is 6.15. The molecule has 1 fully saturated rings. The molecular weight excluding hydrogens is 296 g/mol. The van der Waals surface area contributed by atoms with Crippen molar-refractivity contribution in [3.8, 4) is 0 Å². The van der Waals surface area contributed by atoms with Crippen LogP contribution >= 0.6 is 0 Å². The summed E-state index contributed by atoms with van der Waals surface area (Å²) in [6.45, 7) is 5.92. The minimum atomic E-state index is 0.391. The van der Waals surface area contributed by atoms with E-state index in [1.54, 1.807) is 0 Å². The fourth-order valence-electron chi connectivity index (χ4n) is 3.11. The van der Waals surface area contributed by atoms with Gasteiger partial charge in [0.1, 0.15) is 0 Å². The van der Waals surface area contributed by atoms with E-state index in [-0.39, 0.29) is 0 Å². The Hall–Kier alpha value is -2.59. The molecule has 1 aromatic carbocycles. The fourth-order valence-corrected chi connectivity index (χ4v) is 3.11. The maximum Gasteiger partial charge on any atom is 0.0719 e. The molecular formula is C20H24N4. The van der Waals surface area contributed by atoms with Gasteiger partial charge in [0, 0.05) is 35.3 Å². The molecule has 0 radical (unpaired) electrons. The molecule has 0 aromatic heterocycles. The van der Waals surface area contributed by atoms with Gasteiger partial charge in [-0.05, 0) is 43.0 Å². The Kier molecular flexibility index (Phi) is 4.96. The molecule has 1 aliphatic carbocycles. The summed E-state index contributed by atoms with van der Waals surface area (Å²) in [5.41, 5.74) is 10.4. The van der Waals surface area contributed by atoms with Crippen molar-refractivity contribution in [1.29, 1.82) is 5.41 Å². The van der Waals surface area contributed by atoms with Gasteiger partial charge in [-0.15, -0.1) is 0 Å². The maximum absolute atomic E-state index is 8.19. The number of nitrogens with one attached hydrogen (secondary N) is 3. The van der Waals surface area contributed by atoms with E-state index < -0.39 is 0 Å². The zero-order valence-electron chi connectivity index (χ0n) is 13.8. The topological polar surface area (TPSA) is 73.9 Å². The predicted molar refractivity (Wildman–Crippen MR) is 101 cm³/mol. The molecule has 4 nitrogen and oxygen atoms in total. The van der Waals surface area contributed by atoms with Crippen molar-refractivity contribution >= 4 is 11.4 Å². The van der Waals surface area contributed by atoms with Gasteiger partial charge in [0.2, 0.25) is 0 Å². The second-order valence-corrected chi connectivity index (χ2v) is 6.25. The Labute approximate surface area is 143 Å². The normalized spacial score (nSPS) is 22.3. The summed E-state index contributed by atoms with van der Waals surface area (Å²) in [6.07, 6.45) is 9.93. The zero-order valence-corrected chi connectivity index (χ0v) is 13.8. The lowest BCUT2D eigenvalue weighted by Gasteiger charge is -2.23. The van der Waals surface area contributed by atoms with Gasteiger partial charge in [-0.2, -0.15) is 0 Å². The fraction of sp³-hybridized carbons (Fsp3) is 0.250. The molecule has 0 saturated carbocycles. The quantitative estimate of drug-likeness (QED) is 0.686. The Morgan fingerprint density at radius 2 is 2.12 bits per heavy atom. The molecule has 124 valence electrons. The molecule has 0 spiro atoms. The summed E-state index contributed by atoms with van der Waals surface area (Å²) >= 11 is 0. The largest absolute Gasteiger partial charge is 0.399 e. The van der Waals surface area contributed by atoms with Gasteiger partial charge in [0.05, 0.1) is 5.71 Å².